The molecule has 0 aromatic heterocycles. The van der Waals surface area contributed by atoms with E-state index in [2.05, 4.69) is 27.7 Å². The first-order chi connectivity index (χ1) is 10.2. The van der Waals surface area contributed by atoms with Gasteiger partial charge in [-0.2, -0.15) is 8.42 Å². The smallest absolute Gasteiger partial charge is 0.282 e. The van der Waals surface area contributed by atoms with Gasteiger partial charge in [0.05, 0.1) is 4.90 Å². The van der Waals surface area contributed by atoms with Crippen molar-refractivity contribution in [2.24, 2.45) is 11.8 Å². The van der Waals surface area contributed by atoms with E-state index in [0.29, 0.717) is 11.8 Å². The van der Waals surface area contributed by atoms with Gasteiger partial charge in [0.1, 0.15) is 0 Å². The van der Waals surface area contributed by atoms with Gasteiger partial charge < -0.3 is 0 Å². The van der Waals surface area contributed by atoms with Crippen LogP contribution in [0.25, 0.3) is 10.8 Å². The molecular formula is C18H24O3S. The van der Waals surface area contributed by atoms with Crippen molar-refractivity contribution in [2.45, 2.75) is 45.4 Å². The van der Waals surface area contributed by atoms with Crippen LogP contribution in [0.4, 0.5) is 0 Å². The molecule has 0 atom stereocenters. The molecule has 0 saturated heterocycles. The molecule has 0 amide bonds. The van der Waals surface area contributed by atoms with E-state index in [1.165, 1.54) is 0 Å². The van der Waals surface area contributed by atoms with E-state index < -0.39 is 10.1 Å². The first-order valence-corrected chi connectivity index (χ1v) is 9.14. The van der Waals surface area contributed by atoms with Crippen LogP contribution in [0.3, 0.4) is 0 Å². The van der Waals surface area contributed by atoms with Crippen molar-refractivity contribution in [1.29, 1.82) is 0 Å². The second-order valence-electron chi connectivity index (χ2n) is 6.77. The Labute approximate surface area is 133 Å². The Balaban J connectivity index is 2.76. The van der Waals surface area contributed by atoms with Gasteiger partial charge >= 0.3 is 0 Å². The molecule has 0 aliphatic heterocycles. The molecule has 0 saturated carbocycles. The summed E-state index contributed by atoms with van der Waals surface area (Å²) in [7, 11) is -4.20. The lowest BCUT2D eigenvalue weighted by Crippen LogP contribution is -2.04. The van der Waals surface area contributed by atoms with E-state index in [1.807, 2.05) is 18.2 Å². The molecule has 4 heteroatoms. The maximum absolute atomic E-state index is 11.6. The van der Waals surface area contributed by atoms with E-state index in [-0.39, 0.29) is 4.90 Å². The van der Waals surface area contributed by atoms with Gasteiger partial charge in [0.2, 0.25) is 0 Å². The maximum Gasteiger partial charge on any atom is 0.294 e. The van der Waals surface area contributed by atoms with Crippen LogP contribution >= 0.6 is 0 Å². The van der Waals surface area contributed by atoms with Gasteiger partial charge in [0.15, 0.2) is 0 Å². The molecule has 1 N–H and O–H groups in total. The third-order valence-electron chi connectivity index (χ3n) is 3.70. The molecule has 0 heterocycles. The summed E-state index contributed by atoms with van der Waals surface area (Å²) in [5.41, 5.74) is 2.11. The molecule has 22 heavy (non-hydrogen) atoms. The van der Waals surface area contributed by atoms with Crippen LogP contribution in [0.1, 0.15) is 38.8 Å². The minimum absolute atomic E-state index is 0.00754. The van der Waals surface area contributed by atoms with E-state index >= 15 is 0 Å². The van der Waals surface area contributed by atoms with Gasteiger partial charge in [-0.25, -0.2) is 0 Å². The van der Waals surface area contributed by atoms with Crippen LogP contribution in [-0.2, 0) is 23.0 Å². The second-order valence-corrected chi connectivity index (χ2v) is 8.19. The van der Waals surface area contributed by atoms with Crippen molar-refractivity contribution in [3.8, 4) is 0 Å². The molecule has 2 aromatic carbocycles. The van der Waals surface area contributed by atoms with Crippen molar-refractivity contribution in [3.05, 3.63) is 41.5 Å². The summed E-state index contributed by atoms with van der Waals surface area (Å²) in [6.45, 7) is 8.48. The van der Waals surface area contributed by atoms with Gasteiger partial charge in [0, 0.05) is 0 Å². The zero-order valence-corrected chi connectivity index (χ0v) is 14.4. The summed E-state index contributed by atoms with van der Waals surface area (Å²) in [6.07, 6.45) is 1.67. The predicted octanol–water partition coefficient (Wildman–Crippen LogP) is 4.48. The molecule has 2 aromatic rings. The minimum atomic E-state index is -4.20. The average molecular weight is 320 g/mol. The van der Waals surface area contributed by atoms with Crippen LogP contribution in [0.5, 0.6) is 0 Å². The van der Waals surface area contributed by atoms with Gasteiger partial charge in [0.25, 0.3) is 10.1 Å². The van der Waals surface area contributed by atoms with Crippen LogP contribution < -0.4 is 0 Å². The first-order valence-electron chi connectivity index (χ1n) is 7.70. The standard InChI is InChI=1S/C18H24O3S/c1-12(2)8-14-6-5-7-17-15(9-13(3)4)10-16(11-18(14)17)22(19,20)21/h5-7,10-13H,8-9H2,1-4H3,(H,19,20,21). The Morgan fingerprint density at radius 3 is 2.05 bits per heavy atom. The van der Waals surface area contributed by atoms with Gasteiger partial charge in [-0.05, 0) is 58.7 Å². The molecule has 0 aliphatic rings. The Kier molecular flexibility index (Phi) is 4.93. The number of fused-ring (bicyclic) bond motifs is 1. The molecule has 0 fully saturated rings. The lowest BCUT2D eigenvalue weighted by atomic mass is 9.92. The maximum atomic E-state index is 11.6. The summed E-state index contributed by atoms with van der Waals surface area (Å²) in [5.74, 6) is 0.891. The fourth-order valence-corrected chi connectivity index (χ4v) is 3.43. The summed E-state index contributed by atoms with van der Waals surface area (Å²) in [4.78, 5) is -0.00754. The molecule has 0 unspecified atom stereocenters. The topological polar surface area (TPSA) is 54.4 Å². The van der Waals surface area contributed by atoms with E-state index in [4.69, 9.17) is 0 Å². The highest BCUT2D eigenvalue weighted by molar-refractivity contribution is 7.85. The van der Waals surface area contributed by atoms with Crippen molar-refractivity contribution in [2.75, 3.05) is 0 Å². The summed E-state index contributed by atoms with van der Waals surface area (Å²) in [5, 5.41) is 2.02. The summed E-state index contributed by atoms with van der Waals surface area (Å²) >= 11 is 0. The van der Waals surface area contributed by atoms with E-state index in [9.17, 15) is 13.0 Å². The molecule has 0 spiro atoms. The van der Waals surface area contributed by atoms with E-state index in [0.717, 1.165) is 34.7 Å². The molecule has 0 bridgehead atoms. The minimum Gasteiger partial charge on any atom is -0.282 e. The van der Waals surface area contributed by atoms with E-state index in [1.54, 1.807) is 12.1 Å². The SMILES string of the molecule is CC(C)Cc1cc(S(=O)(=O)O)cc2c(CC(C)C)cccc12. The molecule has 0 aliphatic carbocycles. The number of benzene rings is 2. The molecule has 3 nitrogen and oxygen atoms in total. The van der Waals surface area contributed by atoms with Gasteiger partial charge in [-0.3, -0.25) is 4.55 Å². The zero-order valence-electron chi connectivity index (χ0n) is 13.6. The van der Waals surface area contributed by atoms with Crippen LogP contribution in [0.2, 0.25) is 0 Å². The van der Waals surface area contributed by atoms with Crippen molar-refractivity contribution < 1.29 is 13.0 Å². The third kappa shape index (κ3) is 3.87. The molecule has 2 rings (SSSR count). The predicted molar refractivity (Wildman–Crippen MR) is 90.8 cm³/mol. The van der Waals surface area contributed by atoms with Gasteiger partial charge in [-0.15, -0.1) is 0 Å². The normalized spacial score (nSPS) is 12.5. The Hall–Kier alpha value is -1.39. The Bertz CT molecular complexity index is 774. The van der Waals surface area contributed by atoms with Crippen LogP contribution in [-0.4, -0.2) is 13.0 Å². The van der Waals surface area contributed by atoms with Crippen molar-refractivity contribution in [3.63, 3.8) is 0 Å². The fraction of sp³-hybridized carbons (Fsp3) is 0.444. The molecule has 120 valence electrons. The monoisotopic (exact) mass is 320 g/mol. The zero-order chi connectivity index (χ0) is 16.5. The quantitative estimate of drug-likeness (QED) is 0.826. The third-order valence-corrected chi connectivity index (χ3v) is 4.53. The fourth-order valence-electron chi connectivity index (χ4n) is 2.87. The first kappa shape index (κ1) is 17.0. The average Bonchev–Trinajstić information content (AvgIpc) is 2.37. The van der Waals surface area contributed by atoms with Gasteiger partial charge in [-0.1, -0.05) is 45.9 Å². The van der Waals surface area contributed by atoms with Crippen molar-refractivity contribution in [1.82, 2.24) is 0 Å². The lowest BCUT2D eigenvalue weighted by Gasteiger charge is -2.15. The second kappa shape index (κ2) is 6.39. The lowest BCUT2D eigenvalue weighted by molar-refractivity contribution is 0.483. The molecule has 0 radical (unpaired) electrons. The van der Waals surface area contributed by atoms with Crippen LogP contribution in [0.15, 0.2) is 35.2 Å². The Morgan fingerprint density at radius 2 is 1.50 bits per heavy atom. The number of rotatable bonds is 5. The molecular weight excluding hydrogens is 296 g/mol. The highest BCUT2D eigenvalue weighted by atomic mass is 32.2. The summed E-state index contributed by atoms with van der Waals surface area (Å²) < 4.78 is 32.7. The number of hydrogen-bond donors (Lipinski definition) is 1. The highest BCUT2D eigenvalue weighted by Crippen LogP contribution is 2.29. The Morgan fingerprint density at radius 1 is 0.909 bits per heavy atom. The van der Waals surface area contributed by atoms with Crippen molar-refractivity contribution >= 4 is 20.9 Å². The highest BCUT2D eigenvalue weighted by Gasteiger charge is 2.16. The van der Waals surface area contributed by atoms with Crippen LogP contribution in [0, 0.1) is 11.8 Å². The largest absolute Gasteiger partial charge is 0.294 e. The number of hydrogen-bond acceptors (Lipinski definition) is 2. The summed E-state index contributed by atoms with van der Waals surface area (Å²) in [6, 6.07) is 9.31.